The van der Waals surface area contributed by atoms with Crippen molar-refractivity contribution in [2.24, 2.45) is 0 Å². The van der Waals surface area contributed by atoms with Crippen molar-refractivity contribution >= 4 is 75.1 Å². The van der Waals surface area contributed by atoms with Crippen LogP contribution in [0.3, 0.4) is 0 Å². The van der Waals surface area contributed by atoms with Gasteiger partial charge in [0.2, 0.25) is 0 Å². The van der Waals surface area contributed by atoms with Crippen LogP contribution in [-0.4, -0.2) is 9.13 Å². The molecule has 0 bridgehead atoms. The Kier molecular flexibility index (Phi) is 6.16. The van der Waals surface area contributed by atoms with E-state index in [0.717, 1.165) is 11.4 Å². The molecule has 0 aliphatic heterocycles. The number of thiophene rings is 1. The Hall–Kier alpha value is -6.42. The molecule has 3 heteroatoms. The monoisotopic (exact) mass is 666 g/mol. The molecule has 0 aliphatic rings. The summed E-state index contributed by atoms with van der Waals surface area (Å²) < 4.78 is 7.59. The third-order valence-corrected chi connectivity index (χ3v) is 11.7. The highest BCUT2D eigenvalue weighted by Crippen LogP contribution is 2.44. The normalized spacial score (nSPS) is 11.9. The Bertz CT molecular complexity index is 3110. The number of rotatable bonds is 4. The largest absolute Gasteiger partial charge is 0.309 e. The molecular formula is C48H30N2S. The molecule has 2 nitrogen and oxygen atoms in total. The lowest BCUT2D eigenvalue weighted by atomic mass is 10.0. The predicted molar refractivity (Wildman–Crippen MR) is 219 cm³/mol. The fourth-order valence-corrected chi connectivity index (χ4v) is 9.49. The zero-order chi connectivity index (χ0) is 33.5. The number of hydrogen-bond acceptors (Lipinski definition) is 1. The maximum atomic E-state index is 2.50. The van der Waals surface area contributed by atoms with E-state index in [2.05, 4.69) is 191 Å². The lowest BCUT2D eigenvalue weighted by Gasteiger charge is -2.12. The molecule has 0 N–H and O–H groups in total. The lowest BCUT2D eigenvalue weighted by molar-refractivity contribution is 1.17. The summed E-state index contributed by atoms with van der Waals surface area (Å²) in [6, 6.07) is 66.6. The van der Waals surface area contributed by atoms with Gasteiger partial charge in [0.1, 0.15) is 0 Å². The van der Waals surface area contributed by atoms with Crippen molar-refractivity contribution in [1.29, 1.82) is 0 Å². The molecule has 0 amide bonds. The number of nitrogens with zero attached hydrogens (tertiary/aromatic N) is 2. The topological polar surface area (TPSA) is 9.86 Å². The second-order valence-electron chi connectivity index (χ2n) is 13.3. The Morgan fingerprint density at radius 3 is 1.86 bits per heavy atom. The van der Waals surface area contributed by atoms with Gasteiger partial charge in [-0.1, -0.05) is 133 Å². The van der Waals surface area contributed by atoms with Gasteiger partial charge in [-0.05, 0) is 70.8 Å². The molecule has 0 saturated carbocycles. The molecule has 11 aromatic rings. The van der Waals surface area contributed by atoms with Crippen LogP contribution in [0.5, 0.6) is 0 Å². The maximum absolute atomic E-state index is 2.50. The van der Waals surface area contributed by atoms with Crippen LogP contribution in [0.2, 0.25) is 0 Å². The van der Waals surface area contributed by atoms with Crippen LogP contribution in [0.25, 0.3) is 97.4 Å². The van der Waals surface area contributed by atoms with Crippen molar-refractivity contribution in [1.82, 2.24) is 9.13 Å². The van der Waals surface area contributed by atoms with Gasteiger partial charge in [0.05, 0.1) is 22.1 Å². The van der Waals surface area contributed by atoms with E-state index in [0.29, 0.717) is 0 Å². The Balaban J connectivity index is 1.21. The van der Waals surface area contributed by atoms with E-state index in [9.17, 15) is 0 Å². The average molecular weight is 667 g/mol. The predicted octanol–water partition coefficient (Wildman–Crippen LogP) is 13.6. The fraction of sp³-hybridized carbons (Fsp3) is 0. The number of para-hydroxylation sites is 2. The van der Waals surface area contributed by atoms with Gasteiger partial charge in [-0.25, -0.2) is 0 Å². The van der Waals surface area contributed by atoms with Gasteiger partial charge in [0.25, 0.3) is 0 Å². The standard InChI is InChI=1S/C48H30N2S/c1-3-12-31(13-4-1)33-24-27-37-39-28-29-43-46(41-17-7-9-20-42(41)49(43)34-14-5-2-6-15-34)47(39)50(44(37)30-33)35-25-22-32(23-26-35)36-18-11-19-40-38-16-8-10-21-45(38)51-48(36)40/h1-30H. The summed E-state index contributed by atoms with van der Waals surface area (Å²) in [5.41, 5.74) is 12.1. The molecule has 238 valence electrons. The van der Waals surface area contributed by atoms with Crippen molar-refractivity contribution in [2.45, 2.75) is 0 Å². The fourth-order valence-electron chi connectivity index (χ4n) is 8.25. The molecule has 0 radical (unpaired) electrons. The summed E-state index contributed by atoms with van der Waals surface area (Å²) in [4.78, 5) is 0. The van der Waals surface area contributed by atoms with Crippen molar-refractivity contribution in [3.05, 3.63) is 182 Å². The first kappa shape index (κ1) is 28.4. The van der Waals surface area contributed by atoms with E-state index < -0.39 is 0 Å². The van der Waals surface area contributed by atoms with Crippen LogP contribution in [0.4, 0.5) is 0 Å². The van der Waals surface area contributed by atoms with Gasteiger partial charge in [-0.15, -0.1) is 11.3 Å². The first-order chi connectivity index (χ1) is 25.3. The van der Waals surface area contributed by atoms with Crippen LogP contribution < -0.4 is 0 Å². The molecule has 0 unspecified atom stereocenters. The van der Waals surface area contributed by atoms with E-state index >= 15 is 0 Å². The summed E-state index contributed by atoms with van der Waals surface area (Å²) in [6.07, 6.45) is 0. The zero-order valence-electron chi connectivity index (χ0n) is 27.6. The van der Waals surface area contributed by atoms with Crippen LogP contribution in [0, 0.1) is 0 Å². The van der Waals surface area contributed by atoms with E-state index in [-0.39, 0.29) is 0 Å². The highest BCUT2D eigenvalue weighted by atomic mass is 32.1. The molecule has 8 aromatic carbocycles. The molecular weight excluding hydrogens is 637 g/mol. The molecule has 0 saturated heterocycles. The average Bonchev–Trinajstić information content (AvgIpc) is 3.86. The lowest BCUT2D eigenvalue weighted by Crippen LogP contribution is -1.95. The molecule has 0 spiro atoms. The molecule has 0 atom stereocenters. The van der Waals surface area contributed by atoms with Crippen molar-refractivity contribution in [3.63, 3.8) is 0 Å². The first-order valence-corrected chi connectivity index (χ1v) is 18.3. The third kappa shape index (κ3) is 4.22. The smallest absolute Gasteiger partial charge is 0.0641 e. The number of hydrogen-bond donors (Lipinski definition) is 0. The summed E-state index contributed by atoms with van der Waals surface area (Å²) >= 11 is 1.88. The quantitative estimate of drug-likeness (QED) is 0.177. The van der Waals surface area contributed by atoms with Crippen LogP contribution in [0.1, 0.15) is 0 Å². The van der Waals surface area contributed by atoms with Crippen LogP contribution >= 0.6 is 11.3 Å². The minimum absolute atomic E-state index is 1.15. The summed E-state index contributed by atoms with van der Waals surface area (Å²) in [5, 5.41) is 7.68. The molecule has 11 rings (SSSR count). The summed E-state index contributed by atoms with van der Waals surface area (Å²) in [5.74, 6) is 0. The van der Waals surface area contributed by atoms with Crippen molar-refractivity contribution in [3.8, 4) is 33.6 Å². The second kappa shape index (κ2) is 11.0. The van der Waals surface area contributed by atoms with Gasteiger partial charge in [-0.3, -0.25) is 0 Å². The Labute approximate surface area is 298 Å². The number of fused-ring (bicyclic) bond motifs is 10. The minimum Gasteiger partial charge on any atom is -0.309 e. The van der Waals surface area contributed by atoms with Gasteiger partial charge in [0.15, 0.2) is 0 Å². The van der Waals surface area contributed by atoms with Crippen molar-refractivity contribution < 1.29 is 0 Å². The Morgan fingerprint density at radius 2 is 1.02 bits per heavy atom. The van der Waals surface area contributed by atoms with Gasteiger partial charge in [0, 0.05) is 53.1 Å². The highest BCUT2D eigenvalue weighted by molar-refractivity contribution is 7.26. The molecule has 0 aliphatic carbocycles. The number of aromatic nitrogens is 2. The zero-order valence-corrected chi connectivity index (χ0v) is 28.4. The van der Waals surface area contributed by atoms with E-state index in [4.69, 9.17) is 0 Å². The van der Waals surface area contributed by atoms with Gasteiger partial charge in [-0.2, -0.15) is 0 Å². The van der Waals surface area contributed by atoms with Crippen molar-refractivity contribution in [2.75, 3.05) is 0 Å². The third-order valence-electron chi connectivity index (χ3n) is 10.5. The molecule has 0 fully saturated rings. The van der Waals surface area contributed by atoms with E-state index in [1.807, 2.05) is 11.3 Å². The maximum Gasteiger partial charge on any atom is 0.0641 e. The Morgan fingerprint density at radius 1 is 0.353 bits per heavy atom. The van der Waals surface area contributed by atoms with Gasteiger partial charge < -0.3 is 9.13 Å². The minimum atomic E-state index is 1.15. The van der Waals surface area contributed by atoms with Crippen LogP contribution in [-0.2, 0) is 0 Å². The molecule has 51 heavy (non-hydrogen) atoms. The summed E-state index contributed by atoms with van der Waals surface area (Å²) in [6.45, 7) is 0. The van der Waals surface area contributed by atoms with E-state index in [1.54, 1.807) is 0 Å². The second-order valence-corrected chi connectivity index (χ2v) is 14.4. The molecule has 3 aromatic heterocycles. The number of benzene rings is 8. The van der Waals surface area contributed by atoms with E-state index in [1.165, 1.54) is 86.0 Å². The summed E-state index contributed by atoms with van der Waals surface area (Å²) in [7, 11) is 0. The van der Waals surface area contributed by atoms with Crippen LogP contribution in [0.15, 0.2) is 182 Å². The highest BCUT2D eigenvalue weighted by Gasteiger charge is 2.21. The molecule has 3 heterocycles. The SMILES string of the molecule is c1ccc(-c2ccc3c4ccc5c(c6ccccc6n5-c5ccccc5)c4n(-c4ccc(-c5cccc6c5sc5ccccc56)cc4)c3c2)cc1. The van der Waals surface area contributed by atoms with Gasteiger partial charge >= 0.3 is 0 Å². The first-order valence-electron chi connectivity index (χ1n) is 17.4.